The fourth-order valence-corrected chi connectivity index (χ4v) is 3.65. The molecule has 1 aromatic rings. The number of carboxylic acid groups (broad SMARTS) is 1. The molecule has 11 nitrogen and oxygen atoms in total. The zero-order valence-electron chi connectivity index (χ0n) is 25.6. The Balaban J connectivity index is 3.32. The van der Waals surface area contributed by atoms with Crippen LogP contribution < -0.4 is 15.2 Å². The number of carbonyl (C=O) groups excluding carboxylic acids is 3. The minimum atomic E-state index is -1.39. The van der Waals surface area contributed by atoms with Gasteiger partial charge in [0, 0.05) is 5.92 Å². The summed E-state index contributed by atoms with van der Waals surface area (Å²) in [5.74, 6) is -3.19. The van der Waals surface area contributed by atoms with Gasteiger partial charge in [-0.25, -0.2) is 9.59 Å². The fraction of sp³-hybridized carbons (Fsp3) is 0.667. The Hall–Kier alpha value is -3.34. The highest BCUT2D eigenvalue weighted by Gasteiger charge is 2.33. The molecule has 232 valence electrons. The summed E-state index contributed by atoms with van der Waals surface area (Å²) in [7, 11) is 0. The summed E-state index contributed by atoms with van der Waals surface area (Å²) < 4.78 is 26.4. The van der Waals surface area contributed by atoms with Gasteiger partial charge in [0.1, 0.15) is 6.04 Å². The normalized spacial score (nSPS) is 15.0. The summed E-state index contributed by atoms with van der Waals surface area (Å²) in [6.45, 7) is 15.3. The first kappa shape index (κ1) is 35.7. The zero-order valence-corrected chi connectivity index (χ0v) is 25.6. The van der Waals surface area contributed by atoms with E-state index in [1.807, 2.05) is 48.5 Å². The topological polar surface area (TPSA) is 161 Å². The molecule has 0 radical (unpaired) electrons. The van der Waals surface area contributed by atoms with Crippen molar-refractivity contribution in [1.82, 2.24) is 0 Å². The van der Waals surface area contributed by atoms with Gasteiger partial charge in [-0.3, -0.25) is 9.59 Å². The van der Waals surface area contributed by atoms with E-state index in [0.717, 1.165) is 12.8 Å². The van der Waals surface area contributed by atoms with E-state index >= 15 is 0 Å². The standard InChI is InChI=1S/C30H47NO10/c1-9-18(3)15-38-28(35)40-22-12-11-21(13-23(22)41-29(36)39-16-19(4)10-2)25(26(31)27(33)34)20(5)17-37-24(32)14-30(6,7)8/h11-13,18-20,25-26H,9-10,14-17,31H2,1-8H3,(H,33,34)/t18?,19?,20?,25?,26-/m0/s1. The molecule has 0 aliphatic rings. The predicted molar refractivity (Wildman–Crippen MR) is 152 cm³/mol. The molecule has 0 spiro atoms. The minimum absolute atomic E-state index is 0.0894. The highest BCUT2D eigenvalue weighted by atomic mass is 16.7. The van der Waals surface area contributed by atoms with Crippen molar-refractivity contribution in [2.24, 2.45) is 28.9 Å². The number of hydrogen-bond donors (Lipinski definition) is 2. The van der Waals surface area contributed by atoms with Crippen molar-refractivity contribution in [3.05, 3.63) is 23.8 Å². The summed E-state index contributed by atoms with van der Waals surface area (Å²) in [6.07, 6.45) is -0.248. The third-order valence-corrected chi connectivity index (χ3v) is 6.57. The van der Waals surface area contributed by atoms with E-state index < -0.39 is 42.1 Å². The van der Waals surface area contributed by atoms with Crippen molar-refractivity contribution >= 4 is 24.2 Å². The van der Waals surface area contributed by atoms with Crippen molar-refractivity contribution in [2.75, 3.05) is 19.8 Å². The third kappa shape index (κ3) is 13.2. The first-order valence-corrected chi connectivity index (χ1v) is 14.0. The minimum Gasteiger partial charge on any atom is -0.480 e. The van der Waals surface area contributed by atoms with Crippen LogP contribution in [0.25, 0.3) is 0 Å². The third-order valence-electron chi connectivity index (χ3n) is 6.57. The molecular weight excluding hydrogens is 534 g/mol. The molecule has 0 amide bonds. The van der Waals surface area contributed by atoms with Gasteiger partial charge < -0.3 is 34.5 Å². The summed E-state index contributed by atoms with van der Waals surface area (Å²) >= 11 is 0. The number of ether oxygens (including phenoxy) is 5. The van der Waals surface area contributed by atoms with Crippen molar-refractivity contribution in [3.8, 4) is 11.5 Å². The molecule has 3 N–H and O–H groups in total. The average molecular weight is 582 g/mol. The van der Waals surface area contributed by atoms with Crippen LogP contribution in [0.15, 0.2) is 18.2 Å². The lowest BCUT2D eigenvalue weighted by Gasteiger charge is -2.28. The van der Waals surface area contributed by atoms with Gasteiger partial charge in [-0.05, 0) is 40.9 Å². The first-order chi connectivity index (χ1) is 19.1. The summed E-state index contributed by atoms with van der Waals surface area (Å²) in [5.41, 5.74) is 6.16. The average Bonchev–Trinajstić information content (AvgIpc) is 2.89. The van der Waals surface area contributed by atoms with E-state index in [0.29, 0.717) is 5.56 Å². The lowest BCUT2D eigenvalue weighted by Crippen LogP contribution is -2.40. The Labute approximate surface area is 243 Å². The number of aliphatic carboxylic acids is 1. The van der Waals surface area contributed by atoms with Crippen LogP contribution in [-0.2, 0) is 23.8 Å². The van der Waals surface area contributed by atoms with Gasteiger partial charge in [-0.1, -0.05) is 74.3 Å². The number of carboxylic acids is 1. The number of carbonyl (C=O) groups is 4. The van der Waals surface area contributed by atoms with Gasteiger partial charge >= 0.3 is 24.2 Å². The SMILES string of the molecule is CCC(C)COC(=O)Oc1ccc(C(C(C)COC(=O)CC(C)(C)C)[C@H](N)C(=O)O)cc1OC(=O)OCC(C)CC. The Bertz CT molecular complexity index is 1020. The quantitative estimate of drug-likeness (QED) is 0.144. The Morgan fingerprint density at radius 1 is 0.829 bits per heavy atom. The van der Waals surface area contributed by atoms with Crippen molar-refractivity contribution in [1.29, 1.82) is 0 Å². The highest BCUT2D eigenvalue weighted by Crippen LogP contribution is 2.36. The highest BCUT2D eigenvalue weighted by molar-refractivity contribution is 5.75. The van der Waals surface area contributed by atoms with Gasteiger partial charge in [-0.15, -0.1) is 0 Å². The van der Waals surface area contributed by atoms with Crippen LogP contribution in [0, 0.1) is 23.2 Å². The molecule has 1 rings (SSSR count). The second kappa shape index (κ2) is 16.8. The van der Waals surface area contributed by atoms with E-state index in [2.05, 4.69) is 0 Å². The van der Waals surface area contributed by atoms with E-state index in [-0.39, 0.29) is 55.0 Å². The van der Waals surface area contributed by atoms with Crippen molar-refractivity contribution in [2.45, 2.75) is 86.6 Å². The summed E-state index contributed by atoms with van der Waals surface area (Å²) in [6, 6.07) is 2.85. The molecule has 0 aromatic heterocycles. The fourth-order valence-electron chi connectivity index (χ4n) is 3.65. The van der Waals surface area contributed by atoms with Gasteiger partial charge in [0.2, 0.25) is 0 Å². The van der Waals surface area contributed by atoms with Crippen LogP contribution in [0.4, 0.5) is 9.59 Å². The molecule has 0 saturated carbocycles. The monoisotopic (exact) mass is 581 g/mol. The second-order valence-electron chi connectivity index (χ2n) is 11.8. The predicted octanol–water partition coefficient (Wildman–Crippen LogP) is 5.92. The van der Waals surface area contributed by atoms with E-state index in [9.17, 15) is 24.3 Å². The van der Waals surface area contributed by atoms with Crippen LogP contribution >= 0.6 is 0 Å². The number of esters is 1. The van der Waals surface area contributed by atoms with E-state index in [4.69, 9.17) is 29.4 Å². The Morgan fingerprint density at radius 2 is 1.34 bits per heavy atom. The molecule has 0 fully saturated rings. The van der Waals surface area contributed by atoms with Crippen molar-refractivity contribution < 1.29 is 48.0 Å². The maximum Gasteiger partial charge on any atom is 0.513 e. The molecule has 0 saturated heterocycles. The molecule has 0 aliphatic heterocycles. The molecular formula is C30H47NO10. The molecule has 4 unspecified atom stereocenters. The van der Waals surface area contributed by atoms with Crippen LogP contribution in [-0.4, -0.2) is 55.2 Å². The Morgan fingerprint density at radius 3 is 1.80 bits per heavy atom. The molecule has 11 heteroatoms. The number of benzene rings is 1. The van der Waals surface area contributed by atoms with Crippen LogP contribution in [0.5, 0.6) is 11.5 Å². The van der Waals surface area contributed by atoms with Crippen molar-refractivity contribution in [3.63, 3.8) is 0 Å². The molecule has 41 heavy (non-hydrogen) atoms. The second-order valence-corrected chi connectivity index (χ2v) is 11.8. The molecule has 0 aliphatic carbocycles. The number of rotatable bonds is 15. The van der Waals surface area contributed by atoms with Gasteiger partial charge in [0.25, 0.3) is 0 Å². The number of nitrogens with two attached hydrogens (primary N) is 1. The molecule has 0 bridgehead atoms. The Kier molecular flexibility index (Phi) is 14.6. The summed E-state index contributed by atoms with van der Waals surface area (Å²) in [4.78, 5) is 49.0. The van der Waals surface area contributed by atoms with E-state index in [1.54, 1.807) is 6.92 Å². The van der Waals surface area contributed by atoms with Crippen LogP contribution in [0.2, 0.25) is 0 Å². The van der Waals surface area contributed by atoms with Gasteiger partial charge in [0.05, 0.1) is 26.2 Å². The summed E-state index contributed by atoms with van der Waals surface area (Å²) in [5, 5.41) is 9.73. The van der Waals surface area contributed by atoms with Crippen LogP contribution in [0.3, 0.4) is 0 Å². The van der Waals surface area contributed by atoms with Crippen LogP contribution in [0.1, 0.15) is 86.1 Å². The van der Waals surface area contributed by atoms with Gasteiger partial charge in [-0.2, -0.15) is 0 Å². The maximum atomic E-state index is 12.5. The molecule has 5 atom stereocenters. The lowest BCUT2D eigenvalue weighted by molar-refractivity contribution is -0.147. The lowest BCUT2D eigenvalue weighted by atomic mass is 9.82. The smallest absolute Gasteiger partial charge is 0.480 e. The maximum absolute atomic E-state index is 12.5. The first-order valence-electron chi connectivity index (χ1n) is 14.0. The van der Waals surface area contributed by atoms with Gasteiger partial charge in [0.15, 0.2) is 11.5 Å². The van der Waals surface area contributed by atoms with E-state index in [1.165, 1.54) is 18.2 Å². The largest absolute Gasteiger partial charge is 0.513 e. The molecule has 0 heterocycles. The number of hydrogen-bond acceptors (Lipinski definition) is 10. The zero-order chi connectivity index (χ0) is 31.3. The molecule has 1 aromatic carbocycles.